The summed E-state index contributed by atoms with van der Waals surface area (Å²) in [6.07, 6.45) is 3.70. The maximum atomic E-state index is 10.2. The molecule has 0 unspecified atom stereocenters. The van der Waals surface area contributed by atoms with Crippen LogP contribution in [0.2, 0.25) is 0 Å². The first-order valence-corrected chi connectivity index (χ1v) is 9.82. The molecule has 0 aromatic heterocycles. The van der Waals surface area contributed by atoms with Crippen LogP contribution in [-0.4, -0.2) is 10.2 Å². The van der Waals surface area contributed by atoms with Gasteiger partial charge in [0.25, 0.3) is 0 Å². The van der Waals surface area contributed by atoms with Crippen LogP contribution in [0.25, 0.3) is 0 Å². The second-order valence-corrected chi connectivity index (χ2v) is 7.12. The van der Waals surface area contributed by atoms with Crippen molar-refractivity contribution < 1.29 is 10.2 Å². The van der Waals surface area contributed by atoms with Crippen LogP contribution >= 0.6 is 0 Å². The predicted molar refractivity (Wildman–Crippen MR) is 112 cm³/mol. The fraction of sp³-hybridized carbons (Fsp3) is 0.280. The van der Waals surface area contributed by atoms with E-state index in [4.69, 9.17) is 0 Å². The minimum Gasteiger partial charge on any atom is -0.508 e. The third kappa shape index (κ3) is 4.33. The van der Waals surface area contributed by atoms with Crippen LogP contribution in [0.1, 0.15) is 60.4 Å². The van der Waals surface area contributed by atoms with Crippen molar-refractivity contribution in [1.29, 1.82) is 0 Å². The number of benzene rings is 3. The van der Waals surface area contributed by atoms with E-state index in [2.05, 4.69) is 50.2 Å². The maximum absolute atomic E-state index is 10.2. The molecule has 0 atom stereocenters. The Bertz CT molecular complexity index is 829. The van der Waals surface area contributed by atoms with E-state index in [9.17, 15) is 10.2 Å². The van der Waals surface area contributed by atoms with E-state index < -0.39 is 0 Å². The quantitative estimate of drug-likeness (QED) is 0.494. The van der Waals surface area contributed by atoms with Gasteiger partial charge in [-0.1, -0.05) is 81.3 Å². The lowest BCUT2D eigenvalue weighted by Crippen LogP contribution is -2.05. The van der Waals surface area contributed by atoms with Crippen molar-refractivity contribution in [1.82, 2.24) is 0 Å². The molecule has 0 heterocycles. The third-order valence-electron chi connectivity index (χ3n) is 5.05. The highest BCUT2D eigenvalue weighted by Crippen LogP contribution is 2.36. The van der Waals surface area contributed by atoms with Gasteiger partial charge in [-0.15, -0.1) is 0 Å². The molecule has 140 valence electrons. The Morgan fingerprint density at radius 3 is 1.56 bits per heavy atom. The number of hydrogen-bond acceptors (Lipinski definition) is 2. The van der Waals surface area contributed by atoms with Crippen molar-refractivity contribution in [3.63, 3.8) is 0 Å². The molecule has 0 saturated heterocycles. The second kappa shape index (κ2) is 8.77. The summed E-state index contributed by atoms with van der Waals surface area (Å²) in [5.74, 6) is 0.799. The van der Waals surface area contributed by atoms with E-state index in [1.54, 1.807) is 0 Å². The fourth-order valence-electron chi connectivity index (χ4n) is 3.73. The van der Waals surface area contributed by atoms with Crippen molar-refractivity contribution in [2.75, 3.05) is 0 Å². The first-order valence-electron chi connectivity index (χ1n) is 9.82. The van der Waals surface area contributed by atoms with E-state index >= 15 is 0 Å². The fourth-order valence-corrected chi connectivity index (χ4v) is 3.73. The SMILES string of the molecule is CCCc1cc(C(c2ccccc2)c2ccc(O)c(CCC)c2)ccc1O. The Balaban J connectivity index is 2.13. The average Bonchev–Trinajstić information content (AvgIpc) is 2.68. The molecule has 2 heteroatoms. The number of hydrogen-bond donors (Lipinski definition) is 2. The van der Waals surface area contributed by atoms with Gasteiger partial charge in [-0.2, -0.15) is 0 Å². The first kappa shape index (κ1) is 19.0. The molecule has 0 spiro atoms. The van der Waals surface area contributed by atoms with Gasteiger partial charge in [0.15, 0.2) is 0 Å². The molecule has 0 radical (unpaired) electrons. The second-order valence-electron chi connectivity index (χ2n) is 7.12. The van der Waals surface area contributed by atoms with E-state index in [0.29, 0.717) is 11.5 Å². The van der Waals surface area contributed by atoms with Crippen LogP contribution in [0.4, 0.5) is 0 Å². The Hall–Kier alpha value is -2.74. The van der Waals surface area contributed by atoms with Gasteiger partial charge in [-0.05, 0) is 52.8 Å². The molecule has 0 fully saturated rings. The summed E-state index contributed by atoms with van der Waals surface area (Å²) in [5.41, 5.74) is 5.51. The van der Waals surface area contributed by atoms with Crippen molar-refractivity contribution in [3.8, 4) is 11.5 Å². The zero-order valence-electron chi connectivity index (χ0n) is 16.2. The zero-order chi connectivity index (χ0) is 19.2. The summed E-state index contributed by atoms with van der Waals surface area (Å²) >= 11 is 0. The van der Waals surface area contributed by atoms with Gasteiger partial charge in [0, 0.05) is 5.92 Å². The molecular formula is C25H28O2. The first-order chi connectivity index (χ1) is 13.1. The van der Waals surface area contributed by atoms with E-state index in [1.165, 1.54) is 5.56 Å². The molecule has 0 aliphatic carbocycles. The molecule has 3 aromatic rings. The summed E-state index contributed by atoms with van der Waals surface area (Å²) < 4.78 is 0. The standard InChI is InChI=1S/C25H28O2/c1-3-8-19-16-21(12-14-23(19)26)25(18-10-6-5-7-11-18)22-13-15-24(27)20(17-22)9-4-2/h5-7,10-17,25-27H,3-4,8-9H2,1-2H3. The molecule has 27 heavy (non-hydrogen) atoms. The highest BCUT2D eigenvalue weighted by molar-refractivity contribution is 5.49. The lowest BCUT2D eigenvalue weighted by molar-refractivity contribution is 0.467. The topological polar surface area (TPSA) is 40.5 Å². The zero-order valence-corrected chi connectivity index (χ0v) is 16.2. The van der Waals surface area contributed by atoms with Crippen LogP contribution < -0.4 is 0 Å². The molecule has 0 saturated carbocycles. The minimum atomic E-state index is 0.0682. The minimum absolute atomic E-state index is 0.0682. The van der Waals surface area contributed by atoms with Gasteiger partial charge in [0.2, 0.25) is 0 Å². The summed E-state index contributed by atoms with van der Waals surface area (Å²) in [6.45, 7) is 4.25. The van der Waals surface area contributed by atoms with Gasteiger partial charge < -0.3 is 10.2 Å². The van der Waals surface area contributed by atoms with E-state index in [-0.39, 0.29) is 5.92 Å². The number of rotatable bonds is 7. The van der Waals surface area contributed by atoms with Gasteiger partial charge in [0.1, 0.15) is 11.5 Å². The largest absolute Gasteiger partial charge is 0.508 e. The smallest absolute Gasteiger partial charge is 0.118 e. The highest BCUT2D eigenvalue weighted by atomic mass is 16.3. The molecule has 3 rings (SSSR count). The summed E-state index contributed by atoms with van der Waals surface area (Å²) in [4.78, 5) is 0. The van der Waals surface area contributed by atoms with E-state index in [1.807, 2.05) is 30.3 Å². The van der Waals surface area contributed by atoms with Crippen molar-refractivity contribution >= 4 is 0 Å². The van der Waals surface area contributed by atoms with Crippen LogP contribution in [0.15, 0.2) is 66.7 Å². The number of aryl methyl sites for hydroxylation is 2. The lowest BCUT2D eigenvalue weighted by Gasteiger charge is -2.21. The Morgan fingerprint density at radius 1 is 0.630 bits per heavy atom. The van der Waals surface area contributed by atoms with Crippen molar-refractivity contribution in [2.24, 2.45) is 0 Å². The van der Waals surface area contributed by atoms with Gasteiger partial charge >= 0.3 is 0 Å². The molecule has 0 amide bonds. The van der Waals surface area contributed by atoms with Gasteiger partial charge in [0.05, 0.1) is 0 Å². The number of phenols is 2. The Kier molecular flexibility index (Phi) is 6.18. The number of aromatic hydroxyl groups is 2. The molecule has 0 bridgehead atoms. The van der Waals surface area contributed by atoms with Gasteiger partial charge in [-0.25, -0.2) is 0 Å². The molecule has 3 aromatic carbocycles. The third-order valence-corrected chi connectivity index (χ3v) is 5.05. The number of phenolic OH excluding ortho intramolecular Hbond substituents is 2. The van der Waals surface area contributed by atoms with Crippen LogP contribution in [0.3, 0.4) is 0 Å². The van der Waals surface area contributed by atoms with Crippen molar-refractivity contribution in [3.05, 3.63) is 94.5 Å². The van der Waals surface area contributed by atoms with Crippen LogP contribution in [0.5, 0.6) is 11.5 Å². The van der Waals surface area contributed by atoms with Crippen molar-refractivity contribution in [2.45, 2.75) is 45.4 Å². The Morgan fingerprint density at radius 2 is 1.11 bits per heavy atom. The molecular weight excluding hydrogens is 332 g/mol. The monoisotopic (exact) mass is 360 g/mol. The molecule has 2 nitrogen and oxygen atoms in total. The molecule has 0 aliphatic rings. The van der Waals surface area contributed by atoms with Crippen LogP contribution in [-0.2, 0) is 12.8 Å². The summed E-state index contributed by atoms with van der Waals surface area (Å²) in [7, 11) is 0. The van der Waals surface area contributed by atoms with E-state index in [0.717, 1.165) is 47.9 Å². The maximum Gasteiger partial charge on any atom is 0.118 e. The van der Waals surface area contributed by atoms with Gasteiger partial charge in [-0.3, -0.25) is 0 Å². The molecule has 2 N–H and O–H groups in total. The average molecular weight is 360 g/mol. The predicted octanol–water partition coefficient (Wildman–Crippen LogP) is 6.18. The van der Waals surface area contributed by atoms with Crippen LogP contribution in [0, 0.1) is 0 Å². The lowest BCUT2D eigenvalue weighted by atomic mass is 9.83. The summed E-state index contributed by atoms with van der Waals surface area (Å²) in [5, 5.41) is 20.4. The normalized spacial score (nSPS) is 11.1. The molecule has 0 aliphatic heterocycles. The summed E-state index contributed by atoms with van der Waals surface area (Å²) in [6, 6.07) is 22.3. The Labute approximate surface area is 162 Å². The highest BCUT2D eigenvalue weighted by Gasteiger charge is 2.19.